The summed E-state index contributed by atoms with van der Waals surface area (Å²) in [6.07, 6.45) is 10.1. The number of hydrogen-bond donors (Lipinski definition) is 1. The normalized spacial score (nSPS) is 17.3. The average molecular weight is 465 g/mol. The Morgan fingerprint density at radius 3 is 2.67 bits per heavy atom. The molecule has 0 unspecified atom stereocenters. The lowest BCUT2D eigenvalue weighted by Crippen LogP contribution is -2.37. The van der Waals surface area contributed by atoms with Gasteiger partial charge in [0.15, 0.2) is 10.8 Å². The molecule has 2 N–H and O–H groups in total. The third kappa shape index (κ3) is 5.28. The number of thiazole rings is 1. The van der Waals surface area contributed by atoms with E-state index < -0.39 is 0 Å². The summed E-state index contributed by atoms with van der Waals surface area (Å²) >= 11 is 1.51. The molecule has 4 heterocycles. The van der Waals surface area contributed by atoms with E-state index in [9.17, 15) is 0 Å². The number of nitrogen functional groups attached to an aromatic ring is 1. The average Bonchev–Trinajstić information content (AvgIpc) is 3.42. The van der Waals surface area contributed by atoms with Crippen LogP contribution in [0.4, 0.5) is 10.9 Å². The lowest BCUT2D eigenvalue weighted by molar-refractivity contribution is 0.122. The fourth-order valence-corrected chi connectivity index (χ4v) is 5.40. The van der Waals surface area contributed by atoms with Crippen LogP contribution in [0.2, 0.25) is 0 Å². The third-order valence-electron chi connectivity index (χ3n) is 6.50. The highest BCUT2D eigenvalue weighted by atomic mass is 32.1. The van der Waals surface area contributed by atoms with E-state index in [1.54, 1.807) is 0 Å². The Hall–Kier alpha value is -2.71. The lowest BCUT2D eigenvalue weighted by atomic mass is 9.91. The van der Waals surface area contributed by atoms with Crippen molar-refractivity contribution in [3.05, 3.63) is 47.8 Å². The summed E-state index contributed by atoms with van der Waals surface area (Å²) in [7, 11) is 0. The van der Waals surface area contributed by atoms with E-state index >= 15 is 0 Å². The first-order valence-corrected chi connectivity index (χ1v) is 12.8. The maximum atomic E-state index is 5.81. The van der Waals surface area contributed by atoms with E-state index in [-0.39, 0.29) is 0 Å². The van der Waals surface area contributed by atoms with Gasteiger partial charge < -0.3 is 15.4 Å². The second kappa shape index (κ2) is 10.1. The molecule has 33 heavy (non-hydrogen) atoms. The van der Waals surface area contributed by atoms with Crippen LogP contribution in [0, 0.1) is 5.92 Å². The quantitative estimate of drug-likeness (QED) is 0.463. The van der Waals surface area contributed by atoms with Crippen LogP contribution in [-0.2, 0) is 11.2 Å². The van der Waals surface area contributed by atoms with Gasteiger partial charge in [0.2, 0.25) is 0 Å². The molecule has 2 fully saturated rings. The minimum absolute atomic E-state index is 0.601. The van der Waals surface area contributed by atoms with Crippen LogP contribution in [-0.4, -0.2) is 45.9 Å². The Kier molecular flexibility index (Phi) is 6.73. The standard InChI is InChI=1S/C18H18N6OS.C7H14/c19-18-21-14-2-1-12(10-15(14)26-18)9-13-11-20-16-3-4-17(22-24(13)16)23-5-7-25-8-6-23;1-7-5-3-2-4-6-7/h1-4,10-11H,5-9H2,(H2,19,21);7H,2-6H2,1H3. The second-order valence-corrected chi connectivity index (χ2v) is 10.1. The largest absolute Gasteiger partial charge is 0.378 e. The lowest BCUT2D eigenvalue weighted by Gasteiger charge is -2.27. The number of ether oxygens (including phenoxy) is 1. The molecule has 0 radical (unpaired) electrons. The van der Waals surface area contributed by atoms with E-state index in [0.29, 0.717) is 5.13 Å². The van der Waals surface area contributed by atoms with Crippen LogP contribution in [0.25, 0.3) is 15.9 Å². The predicted molar refractivity (Wildman–Crippen MR) is 135 cm³/mol. The summed E-state index contributed by atoms with van der Waals surface area (Å²) in [5.74, 6) is 2.00. The molecule has 1 saturated heterocycles. The van der Waals surface area contributed by atoms with Crippen LogP contribution in [0.15, 0.2) is 36.5 Å². The molecular weight excluding hydrogens is 432 g/mol. The van der Waals surface area contributed by atoms with Crippen molar-refractivity contribution in [3.63, 3.8) is 0 Å². The number of aromatic nitrogens is 4. The molecule has 7 nitrogen and oxygen atoms in total. The van der Waals surface area contributed by atoms with Crippen LogP contribution < -0.4 is 10.6 Å². The number of nitrogens with zero attached hydrogens (tertiary/aromatic N) is 5. The monoisotopic (exact) mass is 464 g/mol. The van der Waals surface area contributed by atoms with Gasteiger partial charge in [0, 0.05) is 19.5 Å². The van der Waals surface area contributed by atoms with Crippen molar-refractivity contribution >= 4 is 38.2 Å². The summed E-state index contributed by atoms with van der Waals surface area (Å²) in [6.45, 7) is 5.58. The van der Waals surface area contributed by atoms with Gasteiger partial charge in [-0.3, -0.25) is 0 Å². The summed E-state index contributed by atoms with van der Waals surface area (Å²) in [5, 5.41) is 5.42. The van der Waals surface area contributed by atoms with Gasteiger partial charge in [-0.1, -0.05) is 56.4 Å². The molecule has 0 spiro atoms. The van der Waals surface area contributed by atoms with Gasteiger partial charge in [-0.25, -0.2) is 14.5 Å². The first-order chi connectivity index (χ1) is 16.2. The molecular formula is C25H32N6OS. The molecule has 0 atom stereocenters. The summed E-state index contributed by atoms with van der Waals surface area (Å²) < 4.78 is 8.48. The van der Waals surface area contributed by atoms with E-state index in [1.165, 1.54) is 49.0 Å². The number of nitrogens with two attached hydrogens (primary N) is 1. The smallest absolute Gasteiger partial charge is 0.181 e. The Balaban J connectivity index is 0.000000281. The fourth-order valence-electron chi connectivity index (χ4n) is 4.61. The van der Waals surface area contributed by atoms with Gasteiger partial charge in [-0.15, -0.1) is 5.10 Å². The van der Waals surface area contributed by atoms with Crippen molar-refractivity contribution < 1.29 is 4.74 Å². The molecule has 3 aromatic heterocycles. The summed E-state index contributed by atoms with van der Waals surface area (Å²) in [6, 6.07) is 10.3. The van der Waals surface area contributed by atoms with E-state index in [4.69, 9.17) is 15.6 Å². The fraction of sp³-hybridized carbons (Fsp3) is 0.480. The Morgan fingerprint density at radius 2 is 1.91 bits per heavy atom. The van der Waals surface area contributed by atoms with Crippen LogP contribution >= 0.6 is 11.3 Å². The van der Waals surface area contributed by atoms with Crippen LogP contribution in [0.1, 0.15) is 50.3 Å². The zero-order chi connectivity index (χ0) is 22.6. The number of hydrogen-bond acceptors (Lipinski definition) is 7. The number of fused-ring (bicyclic) bond motifs is 2. The van der Waals surface area contributed by atoms with Crippen molar-refractivity contribution in [2.75, 3.05) is 36.9 Å². The molecule has 8 heteroatoms. The van der Waals surface area contributed by atoms with E-state index in [1.807, 2.05) is 28.9 Å². The Morgan fingerprint density at radius 1 is 1.09 bits per heavy atom. The maximum absolute atomic E-state index is 5.81. The topological polar surface area (TPSA) is 81.6 Å². The van der Waals surface area contributed by atoms with Crippen molar-refractivity contribution in [1.29, 1.82) is 0 Å². The molecule has 1 aliphatic carbocycles. The molecule has 2 aliphatic rings. The van der Waals surface area contributed by atoms with Gasteiger partial charge >= 0.3 is 0 Å². The first kappa shape index (κ1) is 22.1. The summed E-state index contributed by atoms with van der Waals surface area (Å²) in [4.78, 5) is 11.1. The predicted octanol–water partition coefficient (Wildman–Crippen LogP) is 4.94. The molecule has 0 bridgehead atoms. The Labute approximate surface area is 198 Å². The van der Waals surface area contributed by atoms with Crippen molar-refractivity contribution in [2.45, 2.75) is 45.4 Å². The van der Waals surface area contributed by atoms with Crippen molar-refractivity contribution in [1.82, 2.24) is 19.6 Å². The van der Waals surface area contributed by atoms with Gasteiger partial charge in [0.1, 0.15) is 5.82 Å². The van der Waals surface area contributed by atoms with Gasteiger partial charge in [0.05, 0.1) is 35.3 Å². The molecule has 6 rings (SSSR count). The highest BCUT2D eigenvalue weighted by molar-refractivity contribution is 7.22. The molecule has 4 aromatic rings. The van der Waals surface area contributed by atoms with E-state index in [0.717, 1.165) is 66.0 Å². The maximum Gasteiger partial charge on any atom is 0.181 e. The van der Waals surface area contributed by atoms with Gasteiger partial charge in [-0.05, 0) is 35.7 Å². The minimum Gasteiger partial charge on any atom is -0.378 e. The second-order valence-electron chi connectivity index (χ2n) is 9.08. The van der Waals surface area contributed by atoms with Gasteiger partial charge in [0.25, 0.3) is 0 Å². The number of imidazole rings is 1. The van der Waals surface area contributed by atoms with Crippen LogP contribution in [0.3, 0.4) is 0 Å². The molecule has 1 aromatic carbocycles. The molecule has 1 aliphatic heterocycles. The number of anilines is 2. The zero-order valence-corrected chi connectivity index (χ0v) is 20.1. The SMILES string of the molecule is CC1CCCCC1.Nc1nc2ccc(Cc3cnc4ccc(N5CCOCC5)nn34)cc2s1. The van der Waals surface area contributed by atoms with Crippen molar-refractivity contribution in [2.24, 2.45) is 5.92 Å². The van der Waals surface area contributed by atoms with E-state index in [2.05, 4.69) is 33.9 Å². The Bertz CT molecular complexity index is 1210. The first-order valence-electron chi connectivity index (χ1n) is 12.0. The number of rotatable bonds is 3. The van der Waals surface area contributed by atoms with Gasteiger partial charge in [-0.2, -0.15) is 0 Å². The highest BCUT2D eigenvalue weighted by Gasteiger charge is 2.15. The van der Waals surface area contributed by atoms with Crippen LogP contribution in [0.5, 0.6) is 0 Å². The summed E-state index contributed by atoms with van der Waals surface area (Å²) in [5.41, 5.74) is 9.87. The molecule has 174 valence electrons. The highest BCUT2D eigenvalue weighted by Crippen LogP contribution is 2.26. The minimum atomic E-state index is 0.601. The zero-order valence-electron chi connectivity index (χ0n) is 19.2. The van der Waals surface area contributed by atoms with Crippen molar-refractivity contribution in [3.8, 4) is 0 Å². The number of morpholine rings is 1. The molecule has 0 amide bonds. The molecule has 1 saturated carbocycles. The number of benzene rings is 1. The third-order valence-corrected chi connectivity index (χ3v) is 7.35.